The molecule has 17 heavy (non-hydrogen) atoms. The largest absolute Gasteiger partial charge is 0.300 e. The molecule has 0 aliphatic heterocycles. The predicted octanol–water partition coefficient (Wildman–Crippen LogP) is 0.783. The normalized spacial score (nSPS) is 11.7. The van der Waals surface area contributed by atoms with E-state index in [2.05, 4.69) is 10.2 Å². The summed E-state index contributed by atoms with van der Waals surface area (Å²) in [6, 6.07) is 6.94. The van der Waals surface area contributed by atoms with Gasteiger partial charge >= 0.3 is 0 Å². The third-order valence-corrected chi connectivity index (χ3v) is 3.40. The predicted molar refractivity (Wildman–Crippen MR) is 62.8 cm³/mol. The van der Waals surface area contributed by atoms with Crippen LogP contribution in [0.5, 0.6) is 0 Å². The molecule has 0 saturated carbocycles. The van der Waals surface area contributed by atoms with Crippen LogP contribution in [-0.4, -0.2) is 23.2 Å². The van der Waals surface area contributed by atoms with Gasteiger partial charge in [-0.2, -0.15) is 0 Å². The molecule has 2 N–H and O–H groups in total. The quantitative estimate of drug-likeness (QED) is 0.875. The van der Waals surface area contributed by atoms with Gasteiger partial charge in [0, 0.05) is 12.6 Å². The number of primary sulfonamides is 1. The van der Waals surface area contributed by atoms with Crippen LogP contribution in [0.2, 0.25) is 5.02 Å². The first-order chi connectivity index (χ1) is 7.91. The number of nitrogens with zero attached hydrogens (tertiary/aromatic N) is 3. The first-order valence-corrected chi connectivity index (χ1v) is 6.51. The van der Waals surface area contributed by atoms with Gasteiger partial charge in [-0.3, -0.25) is 4.57 Å². The maximum Gasteiger partial charge on any atom is 0.273 e. The number of sulfonamides is 1. The Morgan fingerprint density at radius 1 is 1.29 bits per heavy atom. The first kappa shape index (κ1) is 12.0. The molecule has 0 unspecified atom stereocenters. The third kappa shape index (κ3) is 2.17. The van der Waals surface area contributed by atoms with Crippen molar-refractivity contribution in [3.8, 4) is 11.4 Å². The molecule has 2 rings (SSSR count). The van der Waals surface area contributed by atoms with Gasteiger partial charge in [0.1, 0.15) is 0 Å². The fourth-order valence-corrected chi connectivity index (χ4v) is 2.28. The third-order valence-electron chi connectivity index (χ3n) is 2.20. The van der Waals surface area contributed by atoms with Gasteiger partial charge in [0.2, 0.25) is 0 Å². The lowest BCUT2D eigenvalue weighted by Crippen LogP contribution is -2.17. The van der Waals surface area contributed by atoms with Crippen LogP contribution >= 0.6 is 11.6 Å². The fraction of sp³-hybridized carbons (Fsp3) is 0.111. The number of halogens is 1. The lowest BCUT2D eigenvalue weighted by molar-refractivity contribution is 0.580. The Morgan fingerprint density at radius 2 is 1.94 bits per heavy atom. The second-order valence-corrected chi connectivity index (χ2v) is 5.25. The number of rotatable bonds is 2. The molecule has 0 aliphatic carbocycles. The minimum absolute atomic E-state index is 0.299. The van der Waals surface area contributed by atoms with E-state index in [4.69, 9.17) is 16.7 Å². The molecule has 0 bridgehead atoms. The average molecular weight is 273 g/mol. The van der Waals surface area contributed by atoms with Crippen molar-refractivity contribution in [2.45, 2.75) is 5.16 Å². The summed E-state index contributed by atoms with van der Waals surface area (Å²) in [6.45, 7) is 0. The second-order valence-electron chi connectivity index (χ2n) is 3.39. The van der Waals surface area contributed by atoms with Crippen LogP contribution in [0.15, 0.2) is 29.4 Å². The molecule has 0 spiro atoms. The van der Waals surface area contributed by atoms with E-state index in [9.17, 15) is 8.42 Å². The molecule has 0 amide bonds. The van der Waals surface area contributed by atoms with Gasteiger partial charge in [-0.15, -0.1) is 10.2 Å². The van der Waals surface area contributed by atoms with E-state index in [1.807, 2.05) is 0 Å². The van der Waals surface area contributed by atoms with Gasteiger partial charge in [0.25, 0.3) is 15.2 Å². The number of nitrogens with two attached hydrogens (primary N) is 1. The summed E-state index contributed by atoms with van der Waals surface area (Å²) in [4.78, 5) is 0. The summed E-state index contributed by atoms with van der Waals surface area (Å²) in [5.41, 5.74) is 0.596. The van der Waals surface area contributed by atoms with Crippen molar-refractivity contribution >= 4 is 21.6 Å². The van der Waals surface area contributed by atoms with E-state index in [1.165, 1.54) is 11.6 Å². The van der Waals surface area contributed by atoms with Crippen LogP contribution in [0.4, 0.5) is 0 Å². The highest BCUT2D eigenvalue weighted by atomic mass is 35.5. The molecule has 1 aromatic carbocycles. The molecule has 0 fully saturated rings. The van der Waals surface area contributed by atoms with Crippen LogP contribution in [0, 0.1) is 0 Å². The topological polar surface area (TPSA) is 90.9 Å². The summed E-state index contributed by atoms with van der Waals surface area (Å²) in [5.74, 6) is 0.347. The molecular weight excluding hydrogens is 264 g/mol. The zero-order chi connectivity index (χ0) is 12.6. The zero-order valence-electron chi connectivity index (χ0n) is 8.83. The lowest BCUT2D eigenvalue weighted by Gasteiger charge is -2.03. The SMILES string of the molecule is Cn1c(-c2ccccc2Cl)nnc1S(N)(=O)=O. The molecule has 0 atom stereocenters. The van der Waals surface area contributed by atoms with Crippen molar-refractivity contribution in [1.29, 1.82) is 0 Å². The highest BCUT2D eigenvalue weighted by Crippen LogP contribution is 2.26. The average Bonchev–Trinajstić information content (AvgIpc) is 2.60. The first-order valence-electron chi connectivity index (χ1n) is 4.58. The monoisotopic (exact) mass is 272 g/mol. The van der Waals surface area contributed by atoms with Crippen molar-refractivity contribution in [3.05, 3.63) is 29.3 Å². The van der Waals surface area contributed by atoms with Crippen LogP contribution in [0.3, 0.4) is 0 Å². The van der Waals surface area contributed by atoms with Gasteiger partial charge in [0.15, 0.2) is 5.82 Å². The van der Waals surface area contributed by atoms with Crippen LogP contribution in [0.1, 0.15) is 0 Å². The lowest BCUT2D eigenvalue weighted by atomic mass is 10.2. The molecule has 0 aliphatic rings. The highest BCUT2D eigenvalue weighted by molar-refractivity contribution is 7.89. The molecule has 8 heteroatoms. The maximum atomic E-state index is 11.2. The minimum atomic E-state index is -3.89. The molecule has 90 valence electrons. The van der Waals surface area contributed by atoms with Crippen molar-refractivity contribution in [3.63, 3.8) is 0 Å². The van der Waals surface area contributed by atoms with E-state index in [0.29, 0.717) is 16.4 Å². The molecule has 0 radical (unpaired) electrons. The van der Waals surface area contributed by atoms with Gasteiger partial charge in [-0.25, -0.2) is 13.6 Å². The van der Waals surface area contributed by atoms with Crippen molar-refractivity contribution < 1.29 is 8.42 Å². The van der Waals surface area contributed by atoms with Crippen molar-refractivity contribution in [1.82, 2.24) is 14.8 Å². The van der Waals surface area contributed by atoms with Crippen LogP contribution in [0.25, 0.3) is 11.4 Å². The highest BCUT2D eigenvalue weighted by Gasteiger charge is 2.20. The molecular formula is C9H9ClN4O2S. The summed E-state index contributed by atoms with van der Waals surface area (Å²) in [6.07, 6.45) is 0. The summed E-state index contributed by atoms with van der Waals surface area (Å²) < 4.78 is 23.7. The van der Waals surface area contributed by atoms with Gasteiger partial charge in [0.05, 0.1) is 5.02 Å². The van der Waals surface area contributed by atoms with Crippen LogP contribution in [-0.2, 0) is 17.1 Å². The molecule has 2 aromatic rings. The Kier molecular flexibility index (Phi) is 2.90. The number of hydrogen-bond donors (Lipinski definition) is 1. The Hall–Kier alpha value is -1.44. The van der Waals surface area contributed by atoms with Crippen molar-refractivity contribution in [2.75, 3.05) is 0 Å². The smallest absolute Gasteiger partial charge is 0.273 e. The fourth-order valence-electron chi connectivity index (χ4n) is 1.44. The van der Waals surface area contributed by atoms with E-state index < -0.39 is 10.0 Å². The zero-order valence-corrected chi connectivity index (χ0v) is 10.4. The molecule has 0 saturated heterocycles. The summed E-state index contributed by atoms with van der Waals surface area (Å²) >= 11 is 5.99. The Morgan fingerprint density at radius 3 is 2.47 bits per heavy atom. The molecule has 6 nitrogen and oxygen atoms in total. The van der Waals surface area contributed by atoms with E-state index in [-0.39, 0.29) is 5.16 Å². The number of aromatic nitrogens is 3. The molecule has 1 aromatic heterocycles. The van der Waals surface area contributed by atoms with Crippen molar-refractivity contribution in [2.24, 2.45) is 12.2 Å². The Bertz CT molecular complexity index is 665. The Labute approximate surface area is 103 Å². The van der Waals surface area contributed by atoms with Gasteiger partial charge < -0.3 is 0 Å². The van der Waals surface area contributed by atoms with Gasteiger partial charge in [-0.05, 0) is 12.1 Å². The van der Waals surface area contributed by atoms with E-state index in [1.54, 1.807) is 24.3 Å². The van der Waals surface area contributed by atoms with E-state index >= 15 is 0 Å². The van der Waals surface area contributed by atoms with E-state index in [0.717, 1.165) is 0 Å². The minimum Gasteiger partial charge on any atom is -0.300 e. The molecule has 1 heterocycles. The standard InChI is InChI=1S/C9H9ClN4O2S/c1-14-8(6-4-2-3-5-7(6)10)12-13-9(14)17(11,15)16/h2-5H,1H3,(H2,11,15,16). The number of benzene rings is 1. The van der Waals surface area contributed by atoms with Gasteiger partial charge in [-0.1, -0.05) is 23.7 Å². The second kappa shape index (κ2) is 4.10. The summed E-state index contributed by atoms with van der Waals surface area (Å²) in [5, 5.41) is 12.5. The maximum absolute atomic E-state index is 11.2. The van der Waals surface area contributed by atoms with Crippen LogP contribution < -0.4 is 5.14 Å². The Balaban J connectivity index is 2.64. The number of hydrogen-bond acceptors (Lipinski definition) is 4. The summed E-state index contributed by atoms with van der Waals surface area (Å²) in [7, 11) is -2.37.